The third-order valence-electron chi connectivity index (χ3n) is 4.53. The maximum absolute atomic E-state index is 12.5. The van der Waals surface area contributed by atoms with E-state index in [1.54, 1.807) is 26.0 Å². The molecule has 0 unspecified atom stereocenters. The molecule has 0 aliphatic heterocycles. The molecule has 1 heterocycles. The molecule has 7 nitrogen and oxygen atoms in total. The van der Waals surface area contributed by atoms with Crippen LogP contribution in [0.15, 0.2) is 42.5 Å². The monoisotopic (exact) mass is 461 g/mol. The second kappa shape index (κ2) is 9.85. The van der Waals surface area contributed by atoms with Crippen LogP contribution in [0.2, 0.25) is 10.2 Å². The Morgan fingerprint density at radius 3 is 2.52 bits per heavy atom. The van der Waals surface area contributed by atoms with E-state index in [0.29, 0.717) is 28.7 Å². The molecule has 9 heteroatoms. The molecule has 0 spiro atoms. The number of aryl methyl sites for hydroxylation is 2. The minimum absolute atomic E-state index is 0.130. The third-order valence-corrected chi connectivity index (χ3v) is 5.33. The van der Waals surface area contributed by atoms with Gasteiger partial charge in [0.15, 0.2) is 6.61 Å². The van der Waals surface area contributed by atoms with Crippen LogP contribution in [0.25, 0.3) is 0 Å². The van der Waals surface area contributed by atoms with Gasteiger partial charge in [0, 0.05) is 11.1 Å². The zero-order valence-corrected chi connectivity index (χ0v) is 18.8. The summed E-state index contributed by atoms with van der Waals surface area (Å²) >= 11 is 12.4. The summed E-state index contributed by atoms with van der Waals surface area (Å²) in [5.41, 5.74) is 2.73. The van der Waals surface area contributed by atoms with Gasteiger partial charge in [-0.25, -0.2) is 9.48 Å². The fourth-order valence-corrected chi connectivity index (χ4v) is 3.43. The lowest BCUT2D eigenvalue weighted by Crippen LogP contribution is -2.21. The number of methoxy groups -OCH3 is 1. The van der Waals surface area contributed by atoms with Crippen molar-refractivity contribution in [3.8, 4) is 5.75 Å². The lowest BCUT2D eigenvalue weighted by molar-refractivity contribution is -0.119. The number of aromatic nitrogens is 2. The van der Waals surface area contributed by atoms with Crippen molar-refractivity contribution >= 4 is 40.8 Å². The molecular weight excluding hydrogens is 441 g/mol. The van der Waals surface area contributed by atoms with E-state index in [9.17, 15) is 9.59 Å². The largest absolute Gasteiger partial charge is 0.495 e. The summed E-state index contributed by atoms with van der Waals surface area (Å²) in [4.78, 5) is 24.8. The van der Waals surface area contributed by atoms with Gasteiger partial charge in [-0.05, 0) is 31.0 Å². The van der Waals surface area contributed by atoms with Crippen molar-refractivity contribution in [3.05, 3.63) is 75.0 Å². The van der Waals surface area contributed by atoms with Gasteiger partial charge in [-0.3, -0.25) is 4.79 Å². The average molecular weight is 462 g/mol. The molecule has 0 fully saturated rings. The highest BCUT2D eigenvalue weighted by atomic mass is 35.5. The molecule has 0 bridgehead atoms. The molecule has 3 aromatic rings. The normalized spacial score (nSPS) is 10.6. The van der Waals surface area contributed by atoms with Crippen molar-refractivity contribution in [2.45, 2.75) is 20.4 Å². The standard InChI is InChI=1S/C22H21Cl2N3O4/c1-13-9-17(18(30-3)10-16(13)23)25-19(28)12-31-22(29)20-14(2)26-27(21(20)24)11-15-7-5-4-6-8-15/h4-10H,11-12H2,1-3H3,(H,25,28). The Morgan fingerprint density at radius 1 is 1.13 bits per heavy atom. The first-order chi connectivity index (χ1) is 14.8. The van der Waals surface area contributed by atoms with E-state index in [2.05, 4.69) is 10.4 Å². The first-order valence-corrected chi connectivity index (χ1v) is 10.1. The average Bonchev–Trinajstić information content (AvgIpc) is 3.02. The summed E-state index contributed by atoms with van der Waals surface area (Å²) < 4.78 is 11.9. The van der Waals surface area contributed by atoms with Gasteiger partial charge >= 0.3 is 5.97 Å². The smallest absolute Gasteiger partial charge is 0.343 e. The summed E-state index contributed by atoms with van der Waals surface area (Å²) in [6, 6.07) is 12.9. The SMILES string of the molecule is COc1cc(Cl)c(C)cc1NC(=O)COC(=O)c1c(C)nn(Cc2ccccc2)c1Cl. The number of ether oxygens (including phenoxy) is 2. The number of nitrogens with zero attached hydrogens (tertiary/aromatic N) is 2. The van der Waals surface area contributed by atoms with Gasteiger partial charge in [-0.1, -0.05) is 53.5 Å². The Kier molecular flexibility index (Phi) is 7.20. The van der Waals surface area contributed by atoms with Crippen LogP contribution in [0.5, 0.6) is 5.75 Å². The Morgan fingerprint density at radius 2 is 1.84 bits per heavy atom. The summed E-state index contributed by atoms with van der Waals surface area (Å²) in [5, 5.41) is 7.63. The van der Waals surface area contributed by atoms with Crippen molar-refractivity contribution in [1.82, 2.24) is 9.78 Å². The number of nitrogens with one attached hydrogen (secondary N) is 1. The van der Waals surface area contributed by atoms with Gasteiger partial charge < -0.3 is 14.8 Å². The van der Waals surface area contributed by atoms with Crippen LogP contribution in [-0.4, -0.2) is 35.4 Å². The summed E-state index contributed by atoms with van der Waals surface area (Å²) in [6.45, 7) is 3.37. The lowest BCUT2D eigenvalue weighted by Gasteiger charge is -2.12. The first kappa shape index (κ1) is 22.7. The number of hydrogen-bond acceptors (Lipinski definition) is 5. The number of carbonyl (C=O) groups is 2. The minimum Gasteiger partial charge on any atom is -0.495 e. The fourth-order valence-electron chi connectivity index (χ4n) is 2.97. The number of anilines is 1. The number of carbonyl (C=O) groups excluding carboxylic acids is 2. The topological polar surface area (TPSA) is 82.4 Å². The number of rotatable bonds is 7. The molecule has 31 heavy (non-hydrogen) atoms. The Balaban J connectivity index is 1.66. The summed E-state index contributed by atoms with van der Waals surface area (Å²) in [6.07, 6.45) is 0. The van der Waals surface area contributed by atoms with E-state index in [0.717, 1.165) is 11.1 Å². The number of esters is 1. The molecule has 0 saturated heterocycles. The third kappa shape index (κ3) is 5.37. The van der Waals surface area contributed by atoms with Crippen molar-refractivity contribution in [2.75, 3.05) is 19.0 Å². The lowest BCUT2D eigenvalue weighted by atomic mass is 10.2. The van der Waals surface area contributed by atoms with Crippen molar-refractivity contribution < 1.29 is 19.1 Å². The molecule has 0 atom stereocenters. The van der Waals surface area contributed by atoms with Crippen LogP contribution in [0.4, 0.5) is 5.69 Å². The number of amides is 1. The Bertz CT molecular complexity index is 1110. The minimum atomic E-state index is -0.726. The Labute approximate surface area is 189 Å². The number of hydrogen-bond donors (Lipinski definition) is 1. The molecule has 1 N–H and O–H groups in total. The molecule has 3 rings (SSSR count). The van der Waals surface area contributed by atoms with Crippen LogP contribution in [-0.2, 0) is 16.1 Å². The highest BCUT2D eigenvalue weighted by molar-refractivity contribution is 6.33. The predicted molar refractivity (Wildman–Crippen MR) is 119 cm³/mol. The van der Waals surface area contributed by atoms with Gasteiger partial charge in [-0.2, -0.15) is 5.10 Å². The van der Waals surface area contributed by atoms with Crippen LogP contribution >= 0.6 is 23.2 Å². The van der Waals surface area contributed by atoms with Gasteiger partial charge in [0.2, 0.25) is 0 Å². The van der Waals surface area contributed by atoms with Gasteiger partial charge in [0.1, 0.15) is 16.5 Å². The van der Waals surface area contributed by atoms with Crippen molar-refractivity contribution in [1.29, 1.82) is 0 Å². The zero-order chi connectivity index (χ0) is 22.5. The predicted octanol–water partition coefficient (Wildman–Crippen LogP) is 4.66. The molecule has 162 valence electrons. The van der Waals surface area contributed by atoms with Gasteiger partial charge in [0.25, 0.3) is 5.91 Å². The molecule has 0 aliphatic rings. The van der Waals surface area contributed by atoms with E-state index in [-0.39, 0.29) is 10.7 Å². The van der Waals surface area contributed by atoms with Crippen LogP contribution in [0, 0.1) is 13.8 Å². The first-order valence-electron chi connectivity index (χ1n) is 9.38. The van der Waals surface area contributed by atoms with Crippen LogP contribution in [0.3, 0.4) is 0 Å². The molecular formula is C22H21Cl2N3O4. The molecule has 0 radical (unpaired) electrons. The second-order valence-corrected chi connectivity index (χ2v) is 7.59. The van der Waals surface area contributed by atoms with Crippen LogP contribution in [0.1, 0.15) is 27.2 Å². The number of benzene rings is 2. The number of halogens is 2. The maximum atomic E-state index is 12.5. The van der Waals surface area contributed by atoms with E-state index < -0.39 is 18.5 Å². The molecule has 1 amide bonds. The molecule has 0 saturated carbocycles. The second-order valence-electron chi connectivity index (χ2n) is 6.82. The molecule has 2 aromatic carbocycles. The zero-order valence-electron chi connectivity index (χ0n) is 17.2. The quantitative estimate of drug-likeness (QED) is 0.517. The van der Waals surface area contributed by atoms with E-state index in [4.69, 9.17) is 32.7 Å². The van der Waals surface area contributed by atoms with Crippen LogP contribution < -0.4 is 10.1 Å². The van der Waals surface area contributed by atoms with E-state index in [1.165, 1.54) is 11.8 Å². The Hall–Kier alpha value is -3.03. The summed E-state index contributed by atoms with van der Waals surface area (Å²) in [5.74, 6) is -0.855. The highest BCUT2D eigenvalue weighted by Crippen LogP contribution is 2.31. The molecule has 1 aromatic heterocycles. The van der Waals surface area contributed by atoms with E-state index >= 15 is 0 Å². The fraction of sp³-hybridized carbons (Fsp3) is 0.227. The van der Waals surface area contributed by atoms with Gasteiger partial charge in [-0.15, -0.1) is 0 Å². The highest BCUT2D eigenvalue weighted by Gasteiger charge is 2.23. The van der Waals surface area contributed by atoms with E-state index in [1.807, 2.05) is 30.3 Å². The summed E-state index contributed by atoms with van der Waals surface area (Å²) in [7, 11) is 1.47. The molecule has 0 aliphatic carbocycles. The van der Waals surface area contributed by atoms with Crippen molar-refractivity contribution in [3.63, 3.8) is 0 Å². The van der Waals surface area contributed by atoms with Gasteiger partial charge in [0.05, 0.1) is 25.0 Å². The van der Waals surface area contributed by atoms with Crippen molar-refractivity contribution in [2.24, 2.45) is 0 Å². The maximum Gasteiger partial charge on any atom is 0.343 e.